The predicted octanol–water partition coefficient (Wildman–Crippen LogP) is 4.93. The van der Waals surface area contributed by atoms with Crippen LogP contribution in [0.25, 0.3) is 0 Å². The minimum absolute atomic E-state index is 0.125. The number of ketones is 1. The molecular weight excluding hydrogens is 390 g/mol. The molecule has 0 unspecified atom stereocenters. The third-order valence-corrected chi connectivity index (χ3v) is 5.30. The molecule has 0 aliphatic rings. The second-order valence-corrected chi connectivity index (χ2v) is 7.50. The molecule has 0 fully saturated rings. The van der Waals surface area contributed by atoms with Crippen molar-refractivity contribution in [3.8, 4) is 0 Å². The second kappa shape index (κ2) is 9.39. The number of anilines is 1. The number of esters is 1. The zero-order valence-electron chi connectivity index (χ0n) is 18.1. The summed E-state index contributed by atoms with van der Waals surface area (Å²) in [5.41, 5.74) is 4.51. The van der Waals surface area contributed by atoms with Crippen LogP contribution in [0.4, 0.5) is 5.69 Å². The molecule has 0 N–H and O–H groups in total. The van der Waals surface area contributed by atoms with Crippen LogP contribution in [-0.2, 0) is 4.74 Å². The third kappa shape index (κ3) is 4.89. The molecule has 3 aromatic carbocycles. The van der Waals surface area contributed by atoms with Crippen molar-refractivity contribution in [3.05, 3.63) is 100 Å². The van der Waals surface area contributed by atoms with E-state index in [4.69, 9.17) is 4.74 Å². The number of carbonyl (C=O) groups is 3. The fourth-order valence-electron chi connectivity index (χ4n) is 3.34. The van der Waals surface area contributed by atoms with Crippen LogP contribution in [0.5, 0.6) is 0 Å². The lowest BCUT2D eigenvalue weighted by molar-refractivity contribution is 0.0472. The average Bonchev–Trinajstić information content (AvgIpc) is 2.79. The Kier molecular flexibility index (Phi) is 6.65. The van der Waals surface area contributed by atoms with E-state index >= 15 is 0 Å². The van der Waals surface area contributed by atoms with Crippen molar-refractivity contribution in [2.45, 2.75) is 20.8 Å². The number of amides is 1. The second-order valence-electron chi connectivity index (χ2n) is 7.50. The van der Waals surface area contributed by atoms with Crippen molar-refractivity contribution in [1.82, 2.24) is 0 Å². The Morgan fingerprint density at radius 2 is 1.32 bits per heavy atom. The van der Waals surface area contributed by atoms with E-state index < -0.39 is 5.97 Å². The van der Waals surface area contributed by atoms with Gasteiger partial charge < -0.3 is 9.64 Å². The normalized spacial score (nSPS) is 10.5. The van der Waals surface area contributed by atoms with E-state index in [1.165, 1.54) is 11.0 Å². The fourth-order valence-corrected chi connectivity index (χ4v) is 3.34. The molecule has 0 spiro atoms. The van der Waals surface area contributed by atoms with Crippen LogP contribution >= 0.6 is 0 Å². The predicted molar refractivity (Wildman–Crippen MR) is 121 cm³/mol. The van der Waals surface area contributed by atoms with Gasteiger partial charge in [-0.15, -0.1) is 0 Å². The number of aryl methyl sites for hydroxylation is 3. The number of benzene rings is 3. The average molecular weight is 415 g/mol. The Morgan fingerprint density at radius 1 is 0.742 bits per heavy atom. The maximum absolute atomic E-state index is 13.0. The van der Waals surface area contributed by atoms with Crippen molar-refractivity contribution >= 4 is 23.3 Å². The van der Waals surface area contributed by atoms with E-state index in [0.717, 1.165) is 16.7 Å². The zero-order chi connectivity index (χ0) is 22.5. The molecule has 0 aliphatic heterocycles. The summed E-state index contributed by atoms with van der Waals surface area (Å²) < 4.78 is 5.29. The summed E-state index contributed by atoms with van der Waals surface area (Å²) in [5, 5.41) is 0. The molecule has 3 aromatic rings. The molecule has 0 heterocycles. The van der Waals surface area contributed by atoms with Crippen molar-refractivity contribution in [3.63, 3.8) is 0 Å². The van der Waals surface area contributed by atoms with Crippen LogP contribution in [-0.4, -0.2) is 31.3 Å². The summed E-state index contributed by atoms with van der Waals surface area (Å²) in [6.45, 7) is 5.38. The standard InChI is InChI=1S/C26H25NO4/c1-17-14-19(3)23(15-18(17)2)24(28)16-31-26(30)22-13-9-8-12-21(22)25(29)27(4)20-10-6-5-7-11-20/h5-15H,16H2,1-4H3. The van der Waals surface area contributed by atoms with E-state index in [-0.39, 0.29) is 29.4 Å². The van der Waals surface area contributed by atoms with Crippen molar-refractivity contribution in [2.75, 3.05) is 18.6 Å². The van der Waals surface area contributed by atoms with Gasteiger partial charge in [-0.05, 0) is 67.8 Å². The summed E-state index contributed by atoms with van der Waals surface area (Å²) in [5.74, 6) is -1.32. The van der Waals surface area contributed by atoms with Crippen LogP contribution in [0.3, 0.4) is 0 Å². The molecule has 0 atom stereocenters. The summed E-state index contributed by atoms with van der Waals surface area (Å²) >= 11 is 0. The van der Waals surface area contributed by atoms with Gasteiger partial charge in [0.15, 0.2) is 6.61 Å². The van der Waals surface area contributed by atoms with Gasteiger partial charge in [0.05, 0.1) is 11.1 Å². The zero-order valence-corrected chi connectivity index (χ0v) is 18.1. The Balaban J connectivity index is 1.77. The molecule has 0 aliphatic carbocycles. The number of rotatable bonds is 6. The summed E-state index contributed by atoms with van der Waals surface area (Å²) in [7, 11) is 1.64. The lowest BCUT2D eigenvalue weighted by Crippen LogP contribution is -2.28. The van der Waals surface area contributed by atoms with Crippen LogP contribution in [0.1, 0.15) is 47.8 Å². The number of Topliss-reactive ketones (excluding diaryl/α,β-unsaturated/α-hetero) is 1. The van der Waals surface area contributed by atoms with Gasteiger partial charge in [-0.3, -0.25) is 9.59 Å². The molecule has 0 saturated heterocycles. The summed E-state index contributed by atoms with van der Waals surface area (Å²) in [4.78, 5) is 39.8. The van der Waals surface area contributed by atoms with Crippen LogP contribution in [0.15, 0.2) is 66.7 Å². The lowest BCUT2D eigenvalue weighted by atomic mass is 9.98. The smallest absolute Gasteiger partial charge is 0.339 e. The molecule has 3 rings (SSSR count). The Labute approximate surface area is 182 Å². The maximum atomic E-state index is 13.0. The van der Waals surface area contributed by atoms with Crippen molar-refractivity contribution in [2.24, 2.45) is 0 Å². The number of para-hydroxylation sites is 1. The number of ether oxygens (including phenoxy) is 1. The van der Waals surface area contributed by atoms with E-state index in [1.807, 2.05) is 63.2 Å². The van der Waals surface area contributed by atoms with Crippen molar-refractivity contribution < 1.29 is 19.1 Å². The molecule has 1 amide bonds. The van der Waals surface area contributed by atoms with Gasteiger partial charge in [0.25, 0.3) is 5.91 Å². The molecule has 0 aromatic heterocycles. The highest BCUT2D eigenvalue weighted by Crippen LogP contribution is 2.19. The third-order valence-electron chi connectivity index (χ3n) is 5.30. The largest absolute Gasteiger partial charge is 0.454 e. The van der Waals surface area contributed by atoms with Crippen LogP contribution in [0, 0.1) is 20.8 Å². The number of carbonyl (C=O) groups excluding carboxylic acids is 3. The van der Waals surface area contributed by atoms with Gasteiger partial charge in [0, 0.05) is 18.3 Å². The van der Waals surface area contributed by atoms with Gasteiger partial charge in [-0.1, -0.05) is 36.4 Å². The van der Waals surface area contributed by atoms with Crippen LogP contribution in [0.2, 0.25) is 0 Å². The van der Waals surface area contributed by atoms with E-state index in [9.17, 15) is 14.4 Å². The molecule has 5 nitrogen and oxygen atoms in total. The molecule has 158 valence electrons. The molecular formula is C26H25NO4. The topological polar surface area (TPSA) is 63.7 Å². The lowest BCUT2D eigenvalue weighted by Gasteiger charge is -2.18. The SMILES string of the molecule is Cc1cc(C)c(C(=O)COC(=O)c2ccccc2C(=O)N(C)c2ccccc2)cc1C. The first-order chi connectivity index (χ1) is 14.8. The highest BCUT2D eigenvalue weighted by molar-refractivity contribution is 6.12. The molecule has 5 heteroatoms. The monoisotopic (exact) mass is 415 g/mol. The number of hydrogen-bond donors (Lipinski definition) is 0. The van der Waals surface area contributed by atoms with Gasteiger partial charge in [-0.2, -0.15) is 0 Å². The fraction of sp³-hybridized carbons (Fsp3) is 0.192. The van der Waals surface area contributed by atoms with E-state index in [1.54, 1.807) is 25.2 Å². The van der Waals surface area contributed by atoms with Gasteiger partial charge in [0.2, 0.25) is 5.78 Å². The first-order valence-corrected chi connectivity index (χ1v) is 10.00. The first-order valence-electron chi connectivity index (χ1n) is 10.00. The number of hydrogen-bond acceptors (Lipinski definition) is 4. The minimum atomic E-state index is -0.708. The van der Waals surface area contributed by atoms with Gasteiger partial charge >= 0.3 is 5.97 Å². The Hall–Kier alpha value is -3.73. The Bertz CT molecular complexity index is 1140. The summed E-state index contributed by atoms with van der Waals surface area (Å²) in [6, 6.07) is 19.4. The first kappa shape index (κ1) is 22.0. The molecule has 0 bridgehead atoms. The molecule has 0 radical (unpaired) electrons. The number of nitrogens with zero attached hydrogens (tertiary/aromatic N) is 1. The van der Waals surface area contributed by atoms with Crippen molar-refractivity contribution in [1.29, 1.82) is 0 Å². The van der Waals surface area contributed by atoms with E-state index in [0.29, 0.717) is 11.3 Å². The van der Waals surface area contributed by atoms with E-state index in [2.05, 4.69) is 0 Å². The highest BCUT2D eigenvalue weighted by atomic mass is 16.5. The molecule has 31 heavy (non-hydrogen) atoms. The van der Waals surface area contributed by atoms with Gasteiger partial charge in [0.1, 0.15) is 0 Å². The maximum Gasteiger partial charge on any atom is 0.339 e. The quantitative estimate of drug-likeness (QED) is 0.423. The Morgan fingerprint density at radius 3 is 2.00 bits per heavy atom. The summed E-state index contributed by atoms with van der Waals surface area (Å²) in [6.07, 6.45) is 0. The van der Waals surface area contributed by atoms with Crippen LogP contribution < -0.4 is 4.90 Å². The highest BCUT2D eigenvalue weighted by Gasteiger charge is 2.22. The molecule has 0 saturated carbocycles. The van der Waals surface area contributed by atoms with Gasteiger partial charge in [-0.25, -0.2) is 4.79 Å². The minimum Gasteiger partial charge on any atom is -0.454 e.